The van der Waals surface area contributed by atoms with Gasteiger partial charge in [0.05, 0.1) is 17.9 Å². The van der Waals surface area contributed by atoms with Crippen LogP contribution < -0.4 is 5.32 Å². The van der Waals surface area contributed by atoms with E-state index >= 15 is 0 Å². The average molecular weight is 287 g/mol. The molecule has 0 aromatic heterocycles. The van der Waals surface area contributed by atoms with Crippen LogP contribution in [0.2, 0.25) is 0 Å². The first kappa shape index (κ1) is 14.1. The van der Waals surface area contributed by atoms with Crippen LogP contribution in [-0.4, -0.2) is 17.0 Å². The van der Waals surface area contributed by atoms with Crippen LogP contribution in [-0.2, 0) is 16.0 Å². The van der Waals surface area contributed by atoms with Crippen LogP contribution in [0.25, 0.3) is 0 Å². The van der Waals surface area contributed by atoms with Gasteiger partial charge in [-0.1, -0.05) is 30.7 Å². The van der Waals surface area contributed by atoms with Gasteiger partial charge in [0.2, 0.25) is 5.91 Å². The van der Waals surface area contributed by atoms with E-state index in [0.717, 1.165) is 6.42 Å². The first-order valence-electron chi connectivity index (χ1n) is 7.60. The maximum Gasteiger partial charge on any atom is 0.307 e. The molecule has 4 unspecified atom stereocenters. The molecule has 1 aromatic rings. The molecule has 1 saturated carbocycles. The molecular weight excluding hydrogens is 266 g/mol. The minimum Gasteiger partial charge on any atom is -0.481 e. The van der Waals surface area contributed by atoms with Gasteiger partial charge in [-0.05, 0) is 43.2 Å². The number of hydrogen-bond donors (Lipinski definition) is 2. The van der Waals surface area contributed by atoms with Gasteiger partial charge in [0, 0.05) is 0 Å². The topological polar surface area (TPSA) is 66.4 Å². The van der Waals surface area contributed by atoms with E-state index in [9.17, 15) is 9.59 Å². The Hall–Kier alpha value is -1.84. The molecule has 112 valence electrons. The zero-order valence-corrected chi connectivity index (χ0v) is 12.4. The number of hydrogen-bond acceptors (Lipinski definition) is 2. The average Bonchev–Trinajstić information content (AvgIpc) is 2.64. The first-order valence-corrected chi connectivity index (χ1v) is 7.60. The molecule has 4 heteroatoms. The Bertz CT molecular complexity index is 596. The summed E-state index contributed by atoms with van der Waals surface area (Å²) in [5.41, 5.74) is 3.68. The van der Waals surface area contributed by atoms with Gasteiger partial charge in [0.1, 0.15) is 0 Å². The van der Waals surface area contributed by atoms with Gasteiger partial charge in [-0.2, -0.15) is 0 Å². The number of carbonyl (C=O) groups excluding carboxylic acids is 1. The second-order valence-electron chi connectivity index (χ2n) is 6.50. The summed E-state index contributed by atoms with van der Waals surface area (Å²) in [6, 6.07) is 6.39. The fourth-order valence-electron chi connectivity index (χ4n) is 3.55. The number of carboxylic acid groups (broad SMARTS) is 1. The largest absolute Gasteiger partial charge is 0.481 e. The van der Waals surface area contributed by atoms with Gasteiger partial charge >= 0.3 is 5.97 Å². The van der Waals surface area contributed by atoms with Crippen LogP contribution in [0, 0.1) is 24.7 Å². The third kappa shape index (κ3) is 2.43. The second kappa shape index (κ2) is 5.17. The van der Waals surface area contributed by atoms with Crippen molar-refractivity contribution in [2.24, 2.45) is 17.8 Å². The van der Waals surface area contributed by atoms with Gasteiger partial charge in [-0.3, -0.25) is 9.59 Å². The standard InChI is InChI=1S/C17H21NO3/c1-9-3-4-11-8-10(2)15(14(11)7-9)18-16(19)12-5-6-13(12)17(20)21/h3-4,7,10,12-13,15H,5-6,8H2,1-2H3,(H,18,19)(H,20,21). The molecule has 0 saturated heterocycles. The summed E-state index contributed by atoms with van der Waals surface area (Å²) in [4.78, 5) is 23.4. The summed E-state index contributed by atoms with van der Waals surface area (Å²) in [5, 5.41) is 12.2. The molecule has 2 N–H and O–H groups in total. The van der Waals surface area contributed by atoms with E-state index < -0.39 is 11.9 Å². The quantitative estimate of drug-likeness (QED) is 0.897. The highest BCUT2D eigenvalue weighted by Crippen LogP contribution is 2.39. The predicted molar refractivity (Wildman–Crippen MR) is 78.8 cm³/mol. The number of carbonyl (C=O) groups is 2. The zero-order valence-electron chi connectivity index (χ0n) is 12.4. The number of amides is 1. The van der Waals surface area contributed by atoms with Crippen LogP contribution >= 0.6 is 0 Å². The summed E-state index contributed by atoms with van der Waals surface area (Å²) in [5.74, 6) is -1.45. The van der Waals surface area contributed by atoms with Crippen molar-refractivity contribution in [3.8, 4) is 0 Å². The Morgan fingerprint density at radius 2 is 1.95 bits per heavy atom. The van der Waals surface area contributed by atoms with Crippen LogP contribution in [0.15, 0.2) is 18.2 Å². The van der Waals surface area contributed by atoms with E-state index in [1.807, 2.05) is 0 Å². The number of nitrogens with one attached hydrogen (secondary N) is 1. The number of aliphatic carboxylic acids is 1. The SMILES string of the molecule is Cc1ccc2c(c1)C(NC(=O)C1CCC1C(=O)O)C(C)C2. The number of carboxylic acids is 1. The fourth-order valence-corrected chi connectivity index (χ4v) is 3.55. The summed E-state index contributed by atoms with van der Waals surface area (Å²) in [6.07, 6.45) is 2.27. The molecule has 2 aliphatic carbocycles. The molecule has 4 atom stereocenters. The lowest BCUT2D eigenvalue weighted by Crippen LogP contribution is -2.45. The van der Waals surface area contributed by atoms with Crippen molar-refractivity contribution >= 4 is 11.9 Å². The van der Waals surface area contributed by atoms with Crippen molar-refractivity contribution in [2.75, 3.05) is 0 Å². The summed E-state index contributed by atoms with van der Waals surface area (Å²) in [7, 11) is 0. The Morgan fingerprint density at radius 3 is 2.57 bits per heavy atom. The van der Waals surface area contributed by atoms with Crippen molar-refractivity contribution in [3.63, 3.8) is 0 Å². The molecule has 3 rings (SSSR count). The molecule has 21 heavy (non-hydrogen) atoms. The van der Waals surface area contributed by atoms with Gasteiger partial charge in [0.15, 0.2) is 0 Å². The maximum atomic E-state index is 12.4. The van der Waals surface area contributed by atoms with Crippen molar-refractivity contribution in [3.05, 3.63) is 34.9 Å². The van der Waals surface area contributed by atoms with Gasteiger partial charge in [-0.25, -0.2) is 0 Å². The third-order valence-electron chi connectivity index (χ3n) is 4.97. The van der Waals surface area contributed by atoms with Gasteiger partial charge in [-0.15, -0.1) is 0 Å². The van der Waals surface area contributed by atoms with Crippen molar-refractivity contribution < 1.29 is 14.7 Å². The highest BCUT2D eigenvalue weighted by Gasteiger charge is 2.43. The summed E-state index contributed by atoms with van der Waals surface area (Å²) in [6.45, 7) is 4.18. The van der Waals surface area contributed by atoms with Gasteiger partial charge < -0.3 is 10.4 Å². The molecule has 0 spiro atoms. The number of fused-ring (bicyclic) bond motifs is 1. The molecular formula is C17H21NO3. The Balaban J connectivity index is 1.75. The second-order valence-corrected chi connectivity index (χ2v) is 6.50. The smallest absolute Gasteiger partial charge is 0.307 e. The molecule has 1 amide bonds. The highest BCUT2D eigenvalue weighted by molar-refractivity contribution is 5.86. The minimum atomic E-state index is -0.850. The lowest BCUT2D eigenvalue weighted by molar-refractivity contribution is -0.153. The molecule has 4 nitrogen and oxygen atoms in total. The molecule has 0 heterocycles. The Kier molecular flexibility index (Phi) is 3.47. The van der Waals surface area contributed by atoms with Crippen molar-refractivity contribution in [2.45, 2.75) is 39.2 Å². The van der Waals surface area contributed by atoms with Crippen LogP contribution in [0.4, 0.5) is 0 Å². The van der Waals surface area contributed by atoms with E-state index in [-0.39, 0.29) is 17.9 Å². The molecule has 2 aliphatic rings. The maximum absolute atomic E-state index is 12.4. The van der Waals surface area contributed by atoms with Crippen molar-refractivity contribution in [1.29, 1.82) is 0 Å². The lowest BCUT2D eigenvalue weighted by Gasteiger charge is -2.33. The third-order valence-corrected chi connectivity index (χ3v) is 4.97. The Morgan fingerprint density at radius 1 is 1.24 bits per heavy atom. The number of aryl methyl sites for hydroxylation is 1. The van der Waals surface area contributed by atoms with Gasteiger partial charge in [0.25, 0.3) is 0 Å². The zero-order chi connectivity index (χ0) is 15.1. The van der Waals surface area contributed by atoms with Crippen LogP contribution in [0.5, 0.6) is 0 Å². The highest BCUT2D eigenvalue weighted by atomic mass is 16.4. The molecule has 0 bridgehead atoms. The number of rotatable bonds is 3. The van der Waals surface area contributed by atoms with E-state index in [1.165, 1.54) is 16.7 Å². The van der Waals surface area contributed by atoms with E-state index in [2.05, 4.69) is 37.4 Å². The molecule has 1 fully saturated rings. The van der Waals surface area contributed by atoms with Crippen molar-refractivity contribution in [1.82, 2.24) is 5.32 Å². The summed E-state index contributed by atoms with van der Waals surface area (Å²) < 4.78 is 0. The normalized spacial score (nSPS) is 30.4. The lowest BCUT2D eigenvalue weighted by atomic mass is 9.73. The van der Waals surface area contributed by atoms with Crippen LogP contribution in [0.3, 0.4) is 0 Å². The fraction of sp³-hybridized carbons (Fsp3) is 0.529. The number of benzene rings is 1. The minimum absolute atomic E-state index is 0.0162. The molecule has 0 radical (unpaired) electrons. The summed E-state index contributed by atoms with van der Waals surface area (Å²) >= 11 is 0. The van der Waals surface area contributed by atoms with E-state index in [4.69, 9.17) is 5.11 Å². The predicted octanol–water partition coefficient (Wildman–Crippen LogP) is 2.46. The Labute approximate surface area is 124 Å². The van der Waals surface area contributed by atoms with E-state index in [1.54, 1.807) is 0 Å². The van der Waals surface area contributed by atoms with E-state index in [0.29, 0.717) is 18.8 Å². The monoisotopic (exact) mass is 287 g/mol. The molecule has 0 aliphatic heterocycles. The van der Waals surface area contributed by atoms with Crippen LogP contribution in [0.1, 0.15) is 42.5 Å². The first-order chi connectivity index (χ1) is 9.97. The molecule has 1 aromatic carbocycles.